The summed E-state index contributed by atoms with van der Waals surface area (Å²) in [5, 5.41) is 11.4. The van der Waals surface area contributed by atoms with Crippen LogP contribution < -0.4 is 5.32 Å². The average molecular weight is 331 g/mol. The zero-order valence-electron chi connectivity index (χ0n) is 12.4. The molecule has 0 saturated carbocycles. The van der Waals surface area contributed by atoms with Crippen LogP contribution in [0.5, 0.6) is 0 Å². The van der Waals surface area contributed by atoms with Gasteiger partial charge in [0, 0.05) is 13.1 Å². The van der Waals surface area contributed by atoms with Gasteiger partial charge in [0.2, 0.25) is 0 Å². The highest BCUT2D eigenvalue weighted by Gasteiger charge is 2.33. The van der Waals surface area contributed by atoms with Gasteiger partial charge in [-0.3, -0.25) is 4.79 Å². The molecule has 6 nitrogen and oxygen atoms in total. The summed E-state index contributed by atoms with van der Waals surface area (Å²) in [6.07, 6.45) is -3.83. The maximum Gasteiger partial charge on any atom is 0.433 e. The molecular formula is C14H16F3N3O3. The smallest absolute Gasteiger partial charge is 0.433 e. The molecule has 9 heteroatoms. The summed E-state index contributed by atoms with van der Waals surface area (Å²) < 4.78 is 37.6. The van der Waals surface area contributed by atoms with Crippen molar-refractivity contribution >= 4 is 17.7 Å². The van der Waals surface area contributed by atoms with E-state index in [0.29, 0.717) is 12.8 Å². The number of piperidine rings is 1. The molecule has 0 bridgehead atoms. The Balaban J connectivity index is 2.00. The van der Waals surface area contributed by atoms with Crippen molar-refractivity contribution in [2.75, 3.05) is 18.4 Å². The predicted octanol–water partition coefficient (Wildman–Crippen LogP) is 2.74. The molecule has 1 aliphatic rings. The van der Waals surface area contributed by atoms with Crippen molar-refractivity contribution in [3.8, 4) is 0 Å². The third kappa shape index (κ3) is 4.11. The number of hydrogen-bond donors (Lipinski definition) is 2. The Morgan fingerprint density at radius 3 is 2.39 bits per heavy atom. The van der Waals surface area contributed by atoms with E-state index >= 15 is 0 Å². The Morgan fingerprint density at radius 2 is 1.91 bits per heavy atom. The number of carbonyl (C=O) groups is 2. The van der Waals surface area contributed by atoms with Crippen LogP contribution >= 0.6 is 0 Å². The molecule has 126 valence electrons. The molecule has 0 unspecified atom stereocenters. The van der Waals surface area contributed by atoms with Gasteiger partial charge >= 0.3 is 18.2 Å². The number of hydrogen-bond acceptors (Lipinski definition) is 3. The summed E-state index contributed by atoms with van der Waals surface area (Å²) in [5.74, 6) is -1.35. The van der Waals surface area contributed by atoms with Crippen molar-refractivity contribution in [3.05, 3.63) is 23.5 Å². The minimum Gasteiger partial charge on any atom is -0.481 e. The summed E-state index contributed by atoms with van der Waals surface area (Å²) in [5.41, 5.74) is -0.757. The maximum atomic E-state index is 12.5. The van der Waals surface area contributed by atoms with Gasteiger partial charge in [-0.25, -0.2) is 9.78 Å². The van der Waals surface area contributed by atoms with Crippen molar-refractivity contribution < 1.29 is 27.9 Å². The predicted molar refractivity (Wildman–Crippen MR) is 74.9 cm³/mol. The van der Waals surface area contributed by atoms with E-state index in [1.807, 2.05) is 0 Å². The zero-order valence-corrected chi connectivity index (χ0v) is 12.4. The molecule has 1 saturated heterocycles. The molecule has 0 aliphatic carbocycles. The number of aliphatic carboxylic acids is 1. The van der Waals surface area contributed by atoms with Crippen LogP contribution in [0.15, 0.2) is 12.1 Å². The second-order valence-electron chi connectivity index (χ2n) is 5.36. The third-order valence-electron chi connectivity index (χ3n) is 3.75. The van der Waals surface area contributed by atoms with Crippen LogP contribution in [0.2, 0.25) is 0 Å². The number of nitrogens with one attached hydrogen (secondary N) is 1. The molecule has 2 amide bonds. The molecule has 0 radical (unpaired) electrons. The molecule has 1 fully saturated rings. The fraction of sp³-hybridized carbons (Fsp3) is 0.500. The SMILES string of the molecule is Cc1nc(C(F)(F)F)ccc1NC(=O)N1CCC(C(=O)O)CC1. The van der Waals surface area contributed by atoms with E-state index in [0.717, 1.165) is 12.1 Å². The number of carboxylic acids is 1. The molecule has 0 atom stereocenters. The van der Waals surface area contributed by atoms with Crippen LogP contribution in [0, 0.1) is 12.8 Å². The number of anilines is 1. The second kappa shape index (κ2) is 6.43. The molecule has 1 aliphatic heterocycles. The van der Waals surface area contributed by atoms with Gasteiger partial charge < -0.3 is 15.3 Å². The molecule has 2 heterocycles. The standard InChI is InChI=1S/C14H16F3N3O3/c1-8-10(2-3-11(18-8)14(15,16)17)19-13(23)20-6-4-9(5-7-20)12(21)22/h2-3,9H,4-7H2,1H3,(H,19,23)(H,21,22). The lowest BCUT2D eigenvalue weighted by atomic mass is 9.97. The number of aromatic nitrogens is 1. The van der Waals surface area contributed by atoms with E-state index < -0.39 is 29.8 Å². The minimum absolute atomic E-state index is 0.0635. The summed E-state index contributed by atoms with van der Waals surface area (Å²) in [6, 6.07) is 1.49. The van der Waals surface area contributed by atoms with E-state index in [2.05, 4.69) is 10.3 Å². The number of nitrogens with zero attached hydrogens (tertiary/aromatic N) is 2. The summed E-state index contributed by atoms with van der Waals surface area (Å²) >= 11 is 0. The van der Waals surface area contributed by atoms with Crippen LogP contribution in [-0.4, -0.2) is 40.1 Å². The highest BCUT2D eigenvalue weighted by atomic mass is 19.4. The Bertz CT molecular complexity index is 611. The van der Waals surface area contributed by atoms with Crippen molar-refractivity contribution in [1.29, 1.82) is 0 Å². The Labute approximate surface area is 130 Å². The topological polar surface area (TPSA) is 82.5 Å². The Morgan fingerprint density at radius 1 is 1.30 bits per heavy atom. The Kier molecular flexibility index (Phi) is 4.76. The van der Waals surface area contributed by atoms with Gasteiger partial charge in [0.25, 0.3) is 0 Å². The van der Waals surface area contributed by atoms with Gasteiger partial charge in [-0.2, -0.15) is 13.2 Å². The van der Waals surface area contributed by atoms with Gasteiger partial charge in [0.1, 0.15) is 5.69 Å². The van der Waals surface area contributed by atoms with Crippen molar-refractivity contribution in [2.45, 2.75) is 25.9 Å². The monoisotopic (exact) mass is 331 g/mol. The number of likely N-dealkylation sites (tertiary alicyclic amines) is 1. The number of carbonyl (C=O) groups excluding carboxylic acids is 1. The second-order valence-corrected chi connectivity index (χ2v) is 5.36. The van der Waals surface area contributed by atoms with Crippen LogP contribution in [0.25, 0.3) is 0 Å². The van der Waals surface area contributed by atoms with E-state index in [1.54, 1.807) is 0 Å². The van der Waals surface area contributed by atoms with Crippen LogP contribution in [0.3, 0.4) is 0 Å². The highest BCUT2D eigenvalue weighted by molar-refractivity contribution is 5.90. The Hall–Kier alpha value is -2.32. The number of urea groups is 1. The quantitative estimate of drug-likeness (QED) is 0.873. The molecule has 1 aromatic heterocycles. The fourth-order valence-electron chi connectivity index (χ4n) is 2.37. The minimum atomic E-state index is -4.54. The van der Waals surface area contributed by atoms with Crippen molar-refractivity contribution in [3.63, 3.8) is 0 Å². The van der Waals surface area contributed by atoms with Gasteiger partial charge in [-0.1, -0.05) is 0 Å². The van der Waals surface area contributed by atoms with Gasteiger partial charge in [-0.15, -0.1) is 0 Å². The molecule has 2 N–H and O–H groups in total. The summed E-state index contributed by atoms with van der Waals surface area (Å²) in [7, 11) is 0. The molecule has 23 heavy (non-hydrogen) atoms. The maximum absolute atomic E-state index is 12.5. The number of pyridine rings is 1. The lowest BCUT2D eigenvalue weighted by Crippen LogP contribution is -2.42. The number of halogens is 3. The van der Waals surface area contributed by atoms with Gasteiger partial charge in [0.15, 0.2) is 0 Å². The summed E-state index contributed by atoms with van der Waals surface area (Å²) in [6.45, 7) is 1.95. The summed E-state index contributed by atoms with van der Waals surface area (Å²) in [4.78, 5) is 27.8. The van der Waals surface area contributed by atoms with Crippen molar-refractivity contribution in [2.24, 2.45) is 5.92 Å². The van der Waals surface area contributed by atoms with Gasteiger partial charge in [-0.05, 0) is 31.9 Å². The first kappa shape index (κ1) is 17.0. The largest absolute Gasteiger partial charge is 0.481 e. The number of carboxylic acid groups (broad SMARTS) is 1. The number of alkyl halides is 3. The fourth-order valence-corrected chi connectivity index (χ4v) is 2.37. The first-order valence-electron chi connectivity index (χ1n) is 7.02. The van der Waals surface area contributed by atoms with Crippen LogP contribution in [0.4, 0.5) is 23.7 Å². The lowest BCUT2D eigenvalue weighted by molar-refractivity contribution is -0.143. The molecule has 2 rings (SSSR count). The van der Waals surface area contributed by atoms with E-state index in [4.69, 9.17) is 5.11 Å². The molecule has 1 aromatic rings. The van der Waals surface area contributed by atoms with Crippen molar-refractivity contribution in [1.82, 2.24) is 9.88 Å². The van der Waals surface area contributed by atoms with Crippen LogP contribution in [-0.2, 0) is 11.0 Å². The highest BCUT2D eigenvalue weighted by Crippen LogP contribution is 2.29. The van der Waals surface area contributed by atoms with Gasteiger partial charge in [0.05, 0.1) is 17.3 Å². The molecular weight excluding hydrogens is 315 g/mol. The number of rotatable bonds is 2. The number of amides is 2. The third-order valence-corrected chi connectivity index (χ3v) is 3.75. The van der Waals surface area contributed by atoms with E-state index in [9.17, 15) is 22.8 Å². The first-order valence-corrected chi connectivity index (χ1v) is 7.02. The average Bonchev–Trinajstić information content (AvgIpc) is 2.48. The molecule has 0 spiro atoms. The van der Waals surface area contributed by atoms with E-state index in [-0.39, 0.29) is 24.5 Å². The first-order chi connectivity index (χ1) is 10.7. The van der Waals surface area contributed by atoms with E-state index in [1.165, 1.54) is 11.8 Å². The number of aryl methyl sites for hydroxylation is 1. The zero-order chi connectivity index (χ0) is 17.2. The lowest BCUT2D eigenvalue weighted by Gasteiger charge is -2.30. The molecule has 0 aromatic carbocycles. The normalized spacial score (nSPS) is 16.3. The van der Waals surface area contributed by atoms with Crippen LogP contribution in [0.1, 0.15) is 24.2 Å².